The first-order valence-corrected chi connectivity index (χ1v) is 8.81. The summed E-state index contributed by atoms with van der Waals surface area (Å²) < 4.78 is 31.8. The van der Waals surface area contributed by atoms with Crippen LogP contribution in [0.25, 0.3) is 0 Å². The molecule has 0 radical (unpaired) electrons. The molecule has 3 rings (SSSR count). The summed E-state index contributed by atoms with van der Waals surface area (Å²) in [5, 5.41) is 4.86. The van der Waals surface area contributed by atoms with E-state index in [1.807, 2.05) is 0 Å². The van der Waals surface area contributed by atoms with E-state index in [1.165, 1.54) is 18.9 Å². The van der Waals surface area contributed by atoms with E-state index in [2.05, 4.69) is 10.6 Å². The van der Waals surface area contributed by atoms with Crippen molar-refractivity contribution in [3.05, 3.63) is 59.7 Å². The van der Waals surface area contributed by atoms with Crippen LogP contribution < -0.4 is 15.4 Å². The van der Waals surface area contributed by atoms with Crippen LogP contribution in [0.4, 0.5) is 14.5 Å². The molecule has 0 heterocycles. The number of nitrogens with one attached hydrogen (secondary N) is 2. The van der Waals surface area contributed by atoms with Gasteiger partial charge in [-0.25, -0.2) is 8.78 Å². The summed E-state index contributed by atoms with van der Waals surface area (Å²) in [7, 11) is 0. The second-order valence-electron chi connectivity index (χ2n) is 6.41. The van der Waals surface area contributed by atoms with E-state index in [9.17, 15) is 18.4 Å². The largest absolute Gasteiger partial charge is 0.490 e. The molecule has 1 aliphatic carbocycles. The van der Waals surface area contributed by atoms with Crippen LogP contribution in [0.3, 0.4) is 0 Å². The molecule has 2 N–H and O–H groups in total. The summed E-state index contributed by atoms with van der Waals surface area (Å²) in [6, 6.07) is 9.75. The number of carbonyl (C=O) groups is 2. The van der Waals surface area contributed by atoms with Crippen LogP contribution in [-0.4, -0.2) is 24.5 Å². The van der Waals surface area contributed by atoms with E-state index in [4.69, 9.17) is 4.74 Å². The fourth-order valence-corrected chi connectivity index (χ4v) is 2.93. The van der Waals surface area contributed by atoms with Gasteiger partial charge in [0, 0.05) is 17.3 Å². The Labute approximate surface area is 155 Å². The SMILES string of the molecule is O=C(CNC(=O)c1ccc(OC2CCCC2)cc1)Nc1ccc(F)c(F)c1. The number of anilines is 1. The van der Waals surface area contributed by atoms with Crippen molar-refractivity contribution in [2.24, 2.45) is 0 Å². The van der Waals surface area contributed by atoms with Crippen LogP contribution in [0.15, 0.2) is 42.5 Å². The first-order chi connectivity index (χ1) is 13.0. The van der Waals surface area contributed by atoms with Crippen LogP contribution in [0.1, 0.15) is 36.0 Å². The molecule has 0 spiro atoms. The minimum atomic E-state index is -1.06. The second-order valence-corrected chi connectivity index (χ2v) is 6.41. The molecule has 2 aromatic carbocycles. The molecule has 0 unspecified atom stereocenters. The van der Waals surface area contributed by atoms with Crippen LogP contribution in [0, 0.1) is 11.6 Å². The van der Waals surface area contributed by atoms with Crippen molar-refractivity contribution in [3.8, 4) is 5.75 Å². The lowest BCUT2D eigenvalue weighted by Gasteiger charge is -2.13. The van der Waals surface area contributed by atoms with Crippen molar-refractivity contribution >= 4 is 17.5 Å². The fraction of sp³-hybridized carbons (Fsp3) is 0.300. The molecule has 5 nitrogen and oxygen atoms in total. The third-order valence-electron chi connectivity index (χ3n) is 4.33. The molecule has 2 aromatic rings. The van der Waals surface area contributed by atoms with Gasteiger partial charge in [0.25, 0.3) is 5.91 Å². The Kier molecular flexibility index (Phi) is 6.01. The van der Waals surface area contributed by atoms with Gasteiger partial charge in [-0.3, -0.25) is 9.59 Å². The van der Waals surface area contributed by atoms with Gasteiger partial charge in [-0.15, -0.1) is 0 Å². The molecule has 2 amide bonds. The molecule has 1 saturated carbocycles. The summed E-state index contributed by atoms with van der Waals surface area (Å²) in [6.45, 7) is -0.293. The Morgan fingerprint density at radius 3 is 2.37 bits per heavy atom. The first-order valence-electron chi connectivity index (χ1n) is 8.81. The van der Waals surface area contributed by atoms with E-state index >= 15 is 0 Å². The van der Waals surface area contributed by atoms with Crippen molar-refractivity contribution in [1.29, 1.82) is 0 Å². The standard InChI is InChI=1S/C20H20F2N2O3/c21-17-10-7-14(11-18(17)22)24-19(25)12-23-20(26)13-5-8-16(9-6-13)27-15-3-1-2-4-15/h5-11,15H,1-4,12H2,(H,23,26)(H,24,25). The molecule has 27 heavy (non-hydrogen) atoms. The van der Waals surface area contributed by atoms with Gasteiger partial charge >= 0.3 is 0 Å². The Morgan fingerprint density at radius 1 is 1.00 bits per heavy atom. The number of carbonyl (C=O) groups excluding carboxylic acids is 2. The van der Waals surface area contributed by atoms with Crippen molar-refractivity contribution in [2.45, 2.75) is 31.8 Å². The second kappa shape index (κ2) is 8.62. The molecule has 0 bridgehead atoms. The maximum absolute atomic E-state index is 13.1. The third kappa shape index (κ3) is 5.26. The summed E-state index contributed by atoms with van der Waals surface area (Å²) in [4.78, 5) is 23.9. The highest BCUT2D eigenvalue weighted by Crippen LogP contribution is 2.24. The van der Waals surface area contributed by atoms with Crippen LogP contribution >= 0.6 is 0 Å². The molecule has 142 valence electrons. The Morgan fingerprint density at radius 2 is 1.70 bits per heavy atom. The van der Waals surface area contributed by atoms with Gasteiger partial charge < -0.3 is 15.4 Å². The normalized spacial score (nSPS) is 14.0. The predicted molar refractivity (Wildman–Crippen MR) is 96.6 cm³/mol. The maximum Gasteiger partial charge on any atom is 0.251 e. The summed E-state index contributed by atoms with van der Waals surface area (Å²) >= 11 is 0. The number of benzene rings is 2. The lowest BCUT2D eigenvalue weighted by Crippen LogP contribution is -2.32. The summed E-state index contributed by atoms with van der Waals surface area (Å²) in [5.74, 6) is -2.30. The van der Waals surface area contributed by atoms with E-state index in [0.717, 1.165) is 30.7 Å². The lowest BCUT2D eigenvalue weighted by atomic mass is 10.2. The quantitative estimate of drug-likeness (QED) is 0.811. The molecule has 1 aliphatic rings. The Bertz CT molecular complexity index is 818. The number of rotatable bonds is 6. The molecular formula is C20H20F2N2O3. The molecule has 0 atom stereocenters. The van der Waals surface area contributed by atoms with Gasteiger partial charge in [0.2, 0.25) is 5.91 Å². The van der Waals surface area contributed by atoms with E-state index in [-0.39, 0.29) is 18.3 Å². The van der Waals surface area contributed by atoms with Gasteiger partial charge in [0.15, 0.2) is 11.6 Å². The molecule has 0 aliphatic heterocycles. The predicted octanol–water partition coefficient (Wildman–Crippen LogP) is 3.65. The Hall–Kier alpha value is -2.96. The minimum absolute atomic E-state index is 0.113. The van der Waals surface area contributed by atoms with Crippen LogP contribution in [0.2, 0.25) is 0 Å². The highest BCUT2D eigenvalue weighted by Gasteiger charge is 2.16. The smallest absolute Gasteiger partial charge is 0.251 e. The van der Waals surface area contributed by atoms with Gasteiger partial charge in [0.1, 0.15) is 5.75 Å². The monoisotopic (exact) mass is 374 g/mol. The minimum Gasteiger partial charge on any atom is -0.490 e. The number of hydrogen-bond donors (Lipinski definition) is 2. The molecule has 7 heteroatoms. The van der Waals surface area contributed by atoms with Gasteiger partial charge in [-0.2, -0.15) is 0 Å². The van der Waals surface area contributed by atoms with E-state index < -0.39 is 23.4 Å². The lowest BCUT2D eigenvalue weighted by molar-refractivity contribution is -0.115. The number of ether oxygens (including phenoxy) is 1. The van der Waals surface area contributed by atoms with Crippen molar-refractivity contribution in [1.82, 2.24) is 5.32 Å². The number of hydrogen-bond acceptors (Lipinski definition) is 3. The van der Waals surface area contributed by atoms with Gasteiger partial charge in [-0.05, 0) is 62.1 Å². The van der Waals surface area contributed by atoms with Gasteiger partial charge in [-0.1, -0.05) is 0 Å². The topological polar surface area (TPSA) is 67.4 Å². The van der Waals surface area contributed by atoms with Crippen LogP contribution in [-0.2, 0) is 4.79 Å². The highest BCUT2D eigenvalue weighted by molar-refractivity contribution is 5.99. The molecular weight excluding hydrogens is 354 g/mol. The third-order valence-corrected chi connectivity index (χ3v) is 4.33. The zero-order valence-electron chi connectivity index (χ0n) is 14.6. The van der Waals surface area contributed by atoms with Crippen molar-refractivity contribution < 1.29 is 23.1 Å². The summed E-state index contributed by atoms with van der Waals surface area (Å²) in [5.41, 5.74) is 0.510. The zero-order chi connectivity index (χ0) is 19.2. The van der Waals surface area contributed by atoms with E-state index in [0.29, 0.717) is 5.56 Å². The maximum atomic E-state index is 13.1. The fourth-order valence-electron chi connectivity index (χ4n) is 2.93. The average Bonchev–Trinajstić information content (AvgIpc) is 3.16. The summed E-state index contributed by atoms with van der Waals surface area (Å²) in [6.07, 6.45) is 4.70. The van der Waals surface area contributed by atoms with Crippen molar-refractivity contribution in [3.63, 3.8) is 0 Å². The molecule has 0 saturated heterocycles. The highest BCUT2D eigenvalue weighted by atomic mass is 19.2. The first kappa shape index (κ1) is 18.8. The van der Waals surface area contributed by atoms with Crippen molar-refractivity contribution in [2.75, 3.05) is 11.9 Å². The average molecular weight is 374 g/mol. The Balaban J connectivity index is 1.47. The van der Waals surface area contributed by atoms with Gasteiger partial charge in [0.05, 0.1) is 12.6 Å². The number of halogens is 2. The molecule has 1 fully saturated rings. The zero-order valence-corrected chi connectivity index (χ0v) is 14.6. The van der Waals surface area contributed by atoms with E-state index in [1.54, 1.807) is 24.3 Å². The van der Waals surface area contributed by atoms with Crippen LogP contribution in [0.5, 0.6) is 5.75 Å². The molecule has 0 aromatic heterocycles. The number of amides is 2.